The lowest BCUT2D eigenvalue weighted by atomic mass is 10.2. The van der Waals surface area contributed by atoms with Gasteiger partial charge in [-0.1, -0.05) is 30.3 Å². The second-order valence-electron chi connectivity index (χ2n) is 3.20. The van der Waals surface area contributed by atoms with E-state index >= 15 is 0 Å². The van der Waals surface area contributed by atoms with Crippen molar-refractivity contribution in [2.75, 3.05) is 0 Å². The van der Waals surface area contributed by atoms with Gasteiger partial charge in [0.1, 0.15) is 0 Å². The molecule has 1 aromatic rings. The van der Waals surface area contributed by atoms with Crippen molar-refractivity contribution in [2.45, 2.75) is 18.7 Å². The van der Waals surface area contributed by atoms with Crippen molar-refractivity contribution in [2.24, 2.45) is 0 Å². The first-order valence-electron chi connectivity index (χ1n) is 4.45. The van der Waals surface area contributed by atoms with Gasteiger partial charge in [-0.25, -0.2) is 13.1 Å². The summed E-state index contributed by atoms with van der Waals surface area (Å²) in [5, 5.41) is 0. The summed E-state index contributed by atoms with van der Waals surface area (Å²) in [5.74, 6) is -0.125. The highest BCUT2D eigenvalue weighted by Gasteiger charge is 2.14. The minimum absolute atomic E-state index is 0.125. The average molecular weight is 226 g/mol. The Morgan fingerprint density at radius 3 is 2.47 bits per heavy atom. The van der Waals surface area contributed by atoms with Crippen LogP contribution in [0.5, 0.6) is 0 Å². The quantitative estimate of drug-likeness (QED) is 0.799. The lowest BCUT2D eigenvalue weighted by Gasteiger charge is -2.07. The van der Waals surface area contributed by atoms with Crippen LogP contribution in [0.3, 0.4) is 0 Å². The molecule has 81 valence electrons. The Kier molecular flexibility index (Phi) is 3.99. The maximum absolute atomic E-state index is 11.5. The highest BCUT2D eigenvalue weighted by Crippen LogP contribution is 2.04. The molecule has 0 aliphatic carbocycles. The molecule has 0 aliphatic heterocycles. The van der Waals surface area contributed by atoms with Gasteiger partial charge in [-0.15, -0.1) is 0 Å². The van der Waals surface area contributed by atoms with E-state index in [4.69, 9.17) is 0 Å². The van der Waals surface area contributed by atoms with Crippen LogP contribution in [-0.4, -0.2) is 20.7 Å². The molecule has 0 fully saturated rings. The van der Waals surface area contributed by atoms with E-state index in [0.717, 1.165) is 0 Å². The molecule has 1 aromatic carbocycles. The largest absolute Gasteiger partial charge is 0.289 e. The first-order chi connectivity index (χ1) is 7.03. The number of rotatable bonds is 5. The molecular formula is C10H12NO3S. The molecule has 0 aromatic heterocycles. The van der Waals surface area contributed by atoms with Crippen LogP contribution in [0.1, 0.15) is 12.5 Å². The second-order valence-corrected chi connectivity index (χ2v) is 4.96. The molecule has 0 aliphatic rings. The fourth-order valence-corrected chi connectivity index (χ4v) is 2.43. The number of nitrogens with one attached hydrogen (secondary N) is 1. The Morgan fingerprint density at radius 1 is 1.33 bits per heavy atom. The average Bonchev–Trinajstić information content (AvgIpc) is 2.17. The van der Waals surface area contributed by atoms with E-state index in [9.17, 15) is 13.2 Å². The molecule has 4 nitrogen and oxygen atoms in total. The second kappa shape index (κ2) is 5.04. The molecule has 0 saturated heterocycles. The van der Waals surface area contributed by atoms with Gasteiger partial charge < -0.3 is 0 Å². The summed E-state index contributed by atoms with van der Waals surface area (Å²) in [6, 6.07) is 7.97. The smallest absolute Gasteiger partial charge is 0.217 e. The van der Waals surface area contributed by atoms with Crippen molar-refractivity contribution in [3.63, 3.8) is 0 Å². The first kappa shape index (κ1) is 11.9. The molecule has 1 unspecified atom stereocenters. The van der Waals surface area contributed by atoms with E-state index in [1.807, 2.05) is 6.07 Å². The van der Waals surface area contributed by atoms with Gasteiger partial charge in [-0.3, -0.25) is 4.79 Å². The minimum Gasteiger partial charge on any atom is -0.289 e. The lowest BCUT2D eigenvalue weighted by Crippen LogP contribution is -2.34. The van der Waals surface area contributed by atoms with Gasteiger partial charge >= 0.3 is 0 Å². The summed E-state index contributed by atoms with van der Waals surface area (Å²) in [6.07, 6.45) is 1.57. The number of sulfonamides is 1. The standard InChI is InChI=1S/C10H12NO3S/c1-9(7-12)11-15(13,14)8-10-5-3-2-4-6-10/h2-6,9,11H,8H2,1H3. The van der Waals surface area contributed by atoms with Gasteiger partial charge in [0.15, 0.2) is 0 Å². The van der Waals surface area contributed by atoms with Crippen LogP contribution in [-0.2, 0) is 20.6 Å². The fraction of sp³-hybridized carbons (Fsp3) is 0.300. The third-order valence-corrected chi connectivity index (χ3v) is 3.16. The fourth-order valence-electron chi connectivity index (χ4n) is 1.13. The Bertz CT molecular complexity index is 414. The van der Waals surface area contributed by atoms with Gasteiger partial charge in [-0.2, -0.15) is 0 Å². The highest BCUT2D eigenvalue weighted by atomic mass is 32.2. The van der Waals surface area contributed by atoms with Gasteiger partial charge in [0.2, 0.25) is 16.3 Å². The lowest BCUT2D eigenvalue weighted by molar-refractivity contribution is 0.533. The summed E-state index contributed by atoms with van der Waals surface area (Å²) < 4.78 is 25.2. The predicted octanol–water partition coefficient (Wildman–Crippen LogP) is 0.604. The van der Waals surface area contributed by atoms with Crippen molar-refractivity contribution in [3.8, 4) is 0 Å². The number of carbonyl (C=O) groups excluding carboxylic acids is 1. The van der Waals surface area contributed by atoms with Crippen LogP contribution in [0, 0.1) is 0 Å². The Hall–Kier alpha value is -1.20. The summed E-state index contributed by atoms with van der Waals surface area (Å²) in [7, 11) is -3.46. The van der Waals surface area contributed by atoms with E-state index in [2.05, 4.69) is 4.72 Å². The van der Waals surface area contributed by atoms with E-state index in [1.165, 1.54) is 6.92 Å². The van der Waals surface area contributed by atoms with E-state index in [-0.39, 0.29) is 5.75 Å². The topological polar surface area (TPSA) is 63.2 Å². The molecule has 0 amide bonds. The summed E-state index contributed by atoms with van der Waals surface area (Å²) in [5.41, 5.74) is 0.683. The minimum atomic E-state index is -3.46. The van der Waals surface area contributed by atoms with Gasteiger partial charge in [0.25, 0.3) is 0 Å². The zero-order valence-electron chi connectivity index (χ0n) is 8.30. The van der Waals surface area contributed by atoms with Crippen LogP contribution in [0.4, 0.5) is 0 Å². The third-order valence-electron chi connectivity index (χ3n) is 1.73. The first-order valence-corrected chi connectivity index (χ1v) is 6.10. The van der Waals surface area contributed by atoms with Crippen LogP contribution in [0.15, 0.2) is 30.3 Å². The Labute approximate surface area is 89.4 Å². The Balaban J connectivity index is 2.69. The van der Waals surface area contributed by atoms with Crippen LogP contribution in [0.25, 0.3) is 0 Å². The van der Waals surface area contributed by atoms with Crippen molar-refractivity contribution >= 4 is 16.3 Å². The third kappa shape index (κ3) is 4.22. The van der Waals surface area contributed by atoms with Crippen molar-refractivity contribution < 1.29 is 13.2 Å². The number of hydrogen-bond donors (Lipinski definition) is 1. The van der Waals surface area contributed by atoms with Crippen LogP contribution in [0.2, 0.25) is 0 Å². The molecule has 5 heteroatoms. The summed E-state index contributed by atoms with van der Waals surface area (Å²) >= 11 is 0. The molecule has 0 heterocycles. The van der Waals surface area contributed by atoms with Gasteiger partial charge in [0.05, 0.1) is 11.8 Å². The van der Waals surface area contributed by atoms with Crippen molar-refractivity contribution in [3.05, 3.63) is 35.9 Å². The van der Waals surface area contributed by atoms with E-state index in [1.54, 1.807) is 30.6 Å². The number of hydrogen-bond acceptors (Lipinski definition) is 3. The van der Waals surface area contributed by atoms with E-state index in [0.29, 0.717) is 5.56 Å². The Morgan fingerprint density at radius 2 is 1.93 bits per heavy atom. The summed E-state index contributed by atoms with van der Waals surface area (Å²) in [6.45, 7) is 1.44. The van der Waals surface area contributed by atoms with E-state index < -0.39 is 16.1 Å². The molecule has 0 spiro atoms. The van der Waals surface area contributed by atoms with Crippen LogP contribution < -0.4 is 4.72 Å². The molecule has 0 bridgehead atoms. The molecule has 0 saturated carbocycles. The zero-order chi connectivity index (χ0) is 11.3. The number of benzene rings is 1. The zero-order valence-corrected chi connectivity index (χ0v) is 9.12. The normalized spacial score (nSPS) is 13.4. The molecule has 1 atom stereocenters. The predicted molar refractivity (Wildman–Crippen MR) is 57.4 cm³/mol. The van der Waals surface area contributed by atoms with Crippen molar-refractivity contribution in [1.82, 2.24) is 4.72 Å². The van der Waals surface area contributed by atoms with Gasteiger partial charge in [0, 0.05) is 0 Å². The van der Waals surface area contributed by atoms with Gasteiger partial charge in [-0.05, 0) is 12.5 Å². The molecule has 1 N–H and O–H groups in total. The SMILES string of the molecule is CC([C]=O)NS(=O)(=O)Cc1ccccc1. The monoisotopic (exact) mass is 226 g/mol. The molecule has 1 radical (unpaired) electrons. The molecule has 1 rings (SSSR count). The highest BCUT2D eigenvalue weighted by molar-refractivity contribution is 7.88. The summed E-state index contributed by atoms with van der Waals surface area (Å²) in [4.78, 5) is 10.2. The van der Waals surface area contributed by atoms with Crippen molar-refractivity contribution in [1.29, 1.82) is 0 Å². The maximum Gasteiger partial charge on any atom is 0.217 e. The molecule has 15 heavy (non-hydrogen) atoms. The maximum atomic E-state index is 11.5. The van der Waals surface area contributed by atoms with Crippen LogP contribution >= 0.6 is 0 Å². The molecular weight excluding hydrogens is 214 g/mol.